The second-order valence-corrected chi connectivity index (χ2v) is 12.5. The summed E-state index contributed by atoms with van der Waals surface area (Å²) in [5.74, 6) is -6.85. The number of phenolic OH excluding ortho intramolecular Hbond substituents is 2. The molecule has 0 spiro atoms. The number of hydrogen-bond donors (Lipinski definition) is 5. The highest BCUT2D eigenvalue weighted by molar-refractivity contribution is 6.30. The zero-order valence-electron chi connectivity index (χ0n) is 27.4. The monoisotopic (exact) mass is 681 g/mol. The van der Waals surface area contributed by atoms with E-state index < -0.39 is 110 Å². The molecule has 5 N–H and O–H groups in total. The van der Waals surface area contributed by atoms with Crippen molar-refractivity contribution in [3.63, 3.8) is 0 Å². The number of aliphatic hydroxyl groups is 2. The van der Waals surface area contributed by atoms with Crippen LogP contribution >= 0.6 is 0 Å². The van der Waals surface area contributed by atoms with E-state index in [0.29, 0.717) is 0 Å². The quantitative estimate of drug-likeness (QED) is 0.266. The van der Waals surface area contributed by atoms with Crippen molar-refractivity contribution in [1.82, 2.24) is 5.32 Å². The van der Waals surface area contributed by atoms with Gasteiger partial charge in [0.25, 0.3) is 0 Å². The molecule has 260 valence electrons. The molecule has 1 heterocycles. The molecule has 2 aromatic rings. The third-order valence-corrected chi connectivity index (χ3v) is 10.1. The number of Topliss-reactive ketones (excluding diaryl/α,β-unsaturated/α-hetero) is 3. The highest BCUT2D eigenvalue weighted by Gasteiger charge is 2.69. The van der Waals surface area contributed by atoms with Crippen LogP contribution in [0.2, 0.25) is 0 Å². The molecule has 4 aliphatic rings. The van der Waals surface area contributed by atoms with Crippen LogP contribution in [0.1, 0.15) is 81.8 Å². The van der Waals surface area contributed by atoms with Crippen LogP contribution in [0.4, 0.5) is 0 Å². The molecule has 0 radical (unpaired) electrons. The van der Waals surface area contributed by atoms with Crippen molar-refractivity contribution in [1.29, 1.82) is 0 Å². The molecular weight excluding hydrogens is 646 g/mol. The van der Waals surface area contributed by atoms with E-state index in [4.69, 9.17) is 23.7 Å². The molecule has 1 fully saturated rings. The van der Waals surface area contributed by atoms with Crippen LogP contribution in [0, 0.1) is 6.92 Å². The molecule has 2 aromatic carbocycles. The van der Waals surface area contributed by atoms with E-state index in [-0.39, 0.29) is 35.2 Å². The largest absolute Gasteiger partial charge is 0.507 e. The minimum Gasteiger partial charge on any atom is -0.507 e. The van der Waals surface area contributed by atoms with Gasteiger partial charge in [0.15, 0.2) is 23.2 Å². The van der Waals surface area contributed by atoms with Gasteiger partial charge in [-0.1, -0.05) is 6.07 Å². The topological polar surface area (TPSA) is 224 Å². The average Bonchev–Trinajstić information content (AvgIpc) is 3.05. The van der Waals surface area contributed by atoms with Crippen LogP contribution in [-0.4, -0.2) is 114 Å². The first-order valence-electron chi connectivity index (χ1n) is 15.3. The molecule has 6 rings (SSSR count). The number of ether oxygens (including phenoxy) is 5. The molecule has 0 aromatic heterocycles. The number of rotatable bonds is 6. The van der Waals surface area contributed by atoms with Crippen molar-refractivity contribution in [2.45, 2.75) is 68.5 Å². The predicted molar refractivity (Wildman–Crippen MR) is 165 cm³/mol. The van der Waals surface area contributed by atoms with Gasteiger partial charge < -0.3 is 49.4 Å². The fraction of sp³-hybridized carbons (Fsp3) is 0.441. The summed E-state index contributed by atoms with van der Waals surface area (Å²) in [4.78, 5) is 69.0. The Morgan fingerprint density at radius 1 is 0.959 bits per heavy atom. The maximum absolute atomic E-state index is 14.5. The van der Waals surface area contributed by atoms with Gasteiger partial charge in [0.2, 0.25) is 17.3 Å². The molecular formula is C34H35NO14. The number of aryl methyl sites for hydroxylation is 2. The number of phenols is 2. The fourth-order valence-electron chi connectivity index (χ4n) is 7.76. The number of methoxy groups -OCH3 is 4. The Morgan fingerprint density at radius 3 is 2.24 bits per heavy atom. The molecule has 15 heteroatoms. The minimum atomic E-state index is -2.95. The maximum atomic E-state index is 14.5. The highest BCUT2D eigenvalue weighted by Crippen LogP contribution is 2.56. The predicted octanol–water partition coefficient (Wildman–Crippen LogP) is 0.779. The Kier molecular flexibility index (Phi) is 8.29. The van der Waals surface area contributed by atoms with Gasteiger partial charge in [-0.25, -0.2) is 4.79 Å². The lowest BCUT2D eigenvalue weighted by Crippen LogP contribution is -2.67. The number of aromatic hydroxyl groups is 2. The summed E-state index contributed by atoms with van der Waals surface area (Å²) in [5, 5.41) is 48.9. The molecule has 0 amide bonds. The number of fused-ring (bicyclic) bond motifs is 5. The van der Waals surface area contributed by atoms with Gasteiger partial charge >= 0.3 is 5.97 Å². The number of aliphatic hydroxyl groups excluding tert-OH is 1. The van der Waals surface area contributed by atoms with Gasteiger partial charge in [0.1, 0.15) is 35.4 Å². The van der Waals surface area contributed by atoms with Crippen molar-refractivity contribution >= 4 is 29.1 Å². The van der Waals surface area contributed by atoms with E-state index in [1.807, 2.05) is 0 Å². The molecule has 49 heavy (non-hydrogen) atoms. The smallest absolute Gasteiger partial charge is 0.341 e. The third-order valence-electron chi connectivity index (χ3n) is 10.1. The lowest BCUT2D eigenvalue weighted by molar-refractivity contribution is -0.236. The molecule has 0 saturated carbocycles. The van der Waals surface area contributed by atoms with Crippen molar-refractivity contribution in [3.05, 3.63) is 68.4 Å². The zero-order chi connectivity index (χ0) is 35.9. The summed E-state index contributed by atoms with van der Waals surface area (Å²) in [6.45, 7) is 3.15. The van der Waals surface area contributed by atoms with Gasteiger partial charge in [-0.05, 0) is 43.9 Å². The molecule has 15 nitrogen and oxygen atoms in total. The number of benzene rings is 2. The lowest BCUT2D eigenvalue weighted by atomic mass is 9.57. The summed E-state index contributed by atoms with van der Waals surface area (Å²) in [6, 6.07) is 2.40. The first kappa shape index (κ1) is 34.4. The molecule has 1 aliphatic heterocycles. The van der Waals surface area contributed by atoms with Crippen LogP contribution in [-0.2, 0) is 35.7 Å². The first-order valence-corrected chi connectivity index (χ1v) is 15.3. The van der Waals surface area contributed by atoms with Gasteiger partial charge in [-0.15, -0.1) is 0 Å². The normalized spacial score (nSPS) is 30.5. The van der Waals surface area contributed by atoms with Crippen LogP contribution in [0.15, 0.2) is 23.9 Å². The van der Waals surface area contributed by atoms with E-state index in [2.05, 4.69) is 5.32 Å². The van der Waals surface area contributed by atoms with Crippen molar-refractivity contribution in [2.75, 3.05) is 28.4 Å². The Labute approximate surface area is 279 Å². The number of carbonyl (C=O) groups excluding carboxylic acids is 5. The van der Waals surface area contributed by atoms with Gasteiger partial charge in [-0.2, -0.15) is 0 Å². The number of esters is 1. The minimum absolute atomic E-state index is 0.000718. The van der Waals surface area contributed by atoms with E-state index in [0.717, 1.165) is 26.4 Å². The number of carbonyl (C=O) groups is 5. The Bertz CT molecular complexity index is 1880. The zero-order valence-corrected chi connectivity index (χ0v) is 27.4. The van der Waals surface area contributed by atoms with Gasteiger partial charge in [0.05, 0.1) is 30.0 Å². The highest BCUT2D eigenvalue weighted by atomic mass is 16.6. The second-order valence-electron chi connectivity index (χ2n) is 12.5. The Balaban J connectivity index is 1.49. The van der Waals surface area contributed by atoms with Crippen molar-refractivity contribution in [2.24, 2.45) is 0 Å². The van der Waals surface area contributed by atoms with E-state index in [9.17, 15) is 44.4 Å². The van der Waals surface area contributed by atoms with E-state index in [1.54, 1.807) is 6.92 Å². The second kappa shape index (κ2) is 11.8. The standard InChI is InChI=1S/C34H35NO14/c1-12-9-14-7-8-33(48-6)30(42)21-16(29(41)34(33,44)22(14)25(39)19(12)32(43)47-5)10-15-20(24(21)38)18(36)11-17(23(15)37)35-31-28(46-4)26(40)27(45-3)13(2)49-31/h9-11,13,26-28,31,35,38-40,44H,7-8H2,1-6H3/t13-,26+,27-,28+,31-,33?,34?/m0/s1. The van der Waals surface area contributed by atoms with E-state index >= 15 is 0 Å². The van der Waals surface area contributed by atoms with Crippen molar-refractivity contribution < 1.29 is 68.1 Å². The van der Waals surface area contributed by atoms with E-state index in [1.165, 1.54) is 27.2 Å². The first-order chi connectivity index (χ1) is 23.1. The molecule has 3 aliphatic carbocycles. The summed E-state index contributed by atoms with van der Waals surface area (Å²) in [5.41, 5.74) is -8.29. The molecule has 0 bridgehead atoms. The van der Waals surface area contributed by atoms with Crippen LogP contribution in [0.25, 0.3) is 0 Å². The van der Waals surface area contributed by atoms with Crippen LogP contribution < -0.4 is 5.32 Å². The maximum Gasteiger partial charge on any atom is 0.341 e. The summed E-state index contributed by atoms with van der Waals surface area (Å²) in [7, 11) is 4.84. The molecule has 1 saturated heterocycles. The van der Waals surface area contributed by atoms with Crippen LogP contribution in [0.3, 0.4) is 0 Å². The Hall–Kier alpha value is -4.51. The summed E-state index contributed by atoms with van der Waals surface area (Å²) >= 11 is 0. The number of nitrogens with one attached hydrogen (secondary N) is 1. The van der Waals surface area contributed by atoms with Crippen molar-refractivity contribution in [3.8, 4) is 11.5 Å². The van der Waals surface area contributed by atoms with Gasteiger partial charge in [-0.3, -0.25) is 19.2 Å². The molecule has 7 atom stereocenters. The average molecular weight is 682 g/mol. The SMILES string of the molecule is COC(=O)c1c(C)cc2c(c1O)C1(O)C(=O)c3cc4c(c(O)c3C(=O)C1(OC)CC2)C(=O)C=C(N[C@H]1O[C@@H](C)[C@H](OC)[C@@H](O)[C@H]1OC)C4=O. The number of allylic oxidation sites excluding steroid dienone is 2. The van der Waals surface area contributed by atoms with Gasteiger partial charge in [0, 0.05) is 44.1 Å². The number of ketones is 4. The fourth-order valence-corrected chi connectivity index (χ4v) is 7.76. The summed E-state index contributed by atoms with van der Waals surface area (Å²) in [6.07, 6.45) is -4.26. The number of hydrogen-bond acceptors (Lipinski definition) is 15. The summed E-state index contributed by atoms with van der Waals surface area (Å²) < 4.78 is 27.0. The lowest BCUT2D eigenvalue weighted by Gasteiger charge is -2.50. The Morgan fingerprint density at radius 2 is 1.63 bits per heavy atom. The van der Waals surface area contributed by atoms with Crippen LogP contribution in [0.5, 0.6) is 11.5 Å². The third kappa shape index (κ3) is 4.46. The molecule has 2 unspecified atom stereocenters.